The number of imidazole rings is 2. The number of carbonyl (C=O) groups excluding carboxylic acids is 1. The number of nitrogens with two attached hydrogens (primary N) is 1. The van der Waals surface area contributed by atoms with Gasteiger partial charge < -0.3 is 20.5 Å². The molecule has 240 valence electrons. The predicted octanol–water partition coefficient (Wildman–Crippen LogP) is 5.95. The molecular weight excluding hydrogens is 589 g/mol. The first kappa shape index (κ1) is 34.4. The van der Waals surface area contributed by atoms with E-state index in [0.717, 1.165) is 22.2 Å². The molecule has 0 bridgehead atoms. The van der Waals surface area contributed by atoms with E-state index in [0.29, 0.717) is 11.5 Å². The minimum absolute atomic E-state index is 0.0783. The molecule has 5 N–H and O–H groups in total. The van der Waals surface area contributed by atoms with E-state index in [1.807, 2.05) is 101 Å². The highest BCUT2D eigenvalue weighted by Crippen LogP contribution is 2.39. The number of hydrogen-bond donors (Lipinski definition) is 4. The maximum absolute atomic E-state index is 13.1. The summed E-state index contributed by atoms with van der Waals surface area (Å²) in [6.45, 7) is 12.2. The molecule has 10 nitrogen and oxygen atoms in total. The number of aliphatic carboxylic acids is 1. The van der Waals surface area contributed by atoms with Crippen molar-refractivity contribution in [2.24, 2.45) is 0 Å². The largest absolute Gasteiger partial charge is 0.507 e. The van der Waals surface area contributed by atoms with Gasteiger partial charge in [-0.25, -0.2) is 9.78 Å². The molecule has 13 heteroatoms. The van der Waals surface area contributed by atoms with Crippen LogP contribution in [0.4, 0.5) is 19.1 Å². The van der Waals surface area contributed by atoms with E-state index in [9.17, 15) is 23.1 Å². The molecular formula is C32H37F3N6O4. The van der Waals surface area contributed by atoms with Crippen LogP contribution in [0.15, 0.2) is 73.3 Å². The van der Waals surface area contributed by atoms with Gasteiger partial charge in [-0.2, -0.15) is 13.2 Å². The number of aromatic hydroxyl groups is 1. The number of carboxylic acids is 1. The van der Waals surface area contributed by atoms with Gasteiger partial charge in [0.05, 0.1) is 23.8 Å². The number of nitrogens with one attached hydrogen (secondary N) is 1. The maximum Gasteiger partial charge on any atom is 0.490 e. The number of rotatable bonds is 3. The van der Waals surface area contributed by atoms with Crippen molar-refractivity contribution < 1.29 is 33.0 Å². The number of aromatic nitrogens is 4. The van der Waals surface area contributed by atoms with Crippen LogP contribution in [-0.4, -0.2) is 46.5 Å². The molecule has 0 saturated heterocycles. The summed E-state index contributed by atoms with van der Waals surface area (Å²) >= 11 is 0. The van der Waals surface area contributed by atoms with Gasteiger partial charge in [-0.15, -0.1) is 0 Å². The number of phenols is 1. The lowest BCUT2D eigenvalue weighted by Gasteiger charge is -2.28. The number of Topliss-reactive ketones (excluding diaryl/α,β-unsaturated/α-hetero) is 1. The number of carboxylic acid groups (broad SMARTS) is 1. The fraction of sp³-hybridized carbons (Fsp3) is 0.312. The second-order valence-corrected chi connectivity index (χ2v) is 12.3. The number of pyridine rings is 2. The van der Waals surface area contributed by atoms with Crippen LogP contribution in [0.5, 0.6) is 5.75 Å². The highest BCUT2D eigenvalue weighted by atomic mass is 19.4. The van der Waals surface area contributed by atoms with Gasteiger partial charge in [0.25, 0.3) is 0 Å². The third-order valence-corrected chi connectivity index (χ3v) is 6.75. The number of nitrogens with zero attached hydrogens (tertiary/aromatic N) is 4. The number of ketones is 1. The topological polar surface area (TPSA) is 151 Å². The van der Waals surface area contributed by atoms with Crippen molar-refractivity contribution in [3.63, 3.8) is 0 Å². The Balaban J connectivity index is 0.000000263. The van der Waals surface area contributed by atoms with Gasteiger partial charge in [0.1, 0.15) is 5.75 Å². The Hall–Kier alpha value is -5.07. The Morgan fingerprint density at radius 2 is 1.38 bits per heavy atom. The van der Waals surface area contributed by atoms with E-state index in [2.05, 4.69) is 4.98 Å². The molecule has 0 spiro atoms. The zero-order valence-electron chi connectivity index (χ0n) is 25.8. The van der Waals surface area contributed by atoms with Crippen LogP contribution in [0.3, 0.4) is 0 Å². The molecule has 0 atom stereocenters. The van der Waals surface area contributed by atoms with Crippen LogP contribution in [0.2, 0.25) is 0 Å². The summed E-state index contributed by atoms with van der Waals surface area (Å²) in [5.74, 6) is -2.03. The zero-order chi connectivity index (χ0) is 33.9. The van der Waals surface area contributed by atoms with E-state index in [1.165, 1.54) is 0 Å². The second kappa shape index (κ2) is 12.9. The zero-order valence-corrected chi connectivity index (χ0v) is 25.8. The number of alkyl halides is 3. The summed E-state index contributed by atoms with van der Waals surface area (Å²) in [4.78, 5) is 26.0. The highest BCUT2D eigenvalue weighted by molar-refractivity contribution is 5.96. The van der Waals surface area contributed by atoms with Gasteiger partial charge in [-0.3, -0.25) is 19.0 Å². The van der Waals surface area contributed by atoms with Crippen molar-refractivity contribution in [3.8, 4) is 5.75 Å². The summed E-state index contributed by atoms with van der Waals surface area (Å²) in [7, 11) is 0. The van der Waals surface area contributed by atoms with Crippen molar-refractivity contribution in [2.75, 3.05) is 5.73 Å². The lowest BCUT2D eigenvalue weighted by atomic mass is 9.78. The monoisotopic (exact) mass is 626 g/mol. The maximum atomic E-state index is 13.1. The van der Waals surface area contributed by atoms with E-state index in [1.54, 1.807) is 27.3 Å². The highest BCUT2D eigenvalue weighted by Gasteiger charge is 2.38. The number of halogens is 3. The Morgan fingerprint density at radius 1 is 0.889 bits per heavy atom. The molecule has 5 rings (SSSR count). The van der Waals surface area contributed by atoms with Crippen molar-refractivity contribution in [1.29, 1.82) is 5.41 Å². The molecule has 0 amide bonds. The number of phenolic OH excluding ortho intramolecular Hbond substituents is 1. The first-order valence-corrected chi connectivity index (χ1v) is 13.8. The van der Waals surface area contributed by atoms with E-state index >= 15 is 0 Å². The van der Waals surface area contributed by atoms with Gasteiger partial charge in [0, 0.05) is 35.3 Å². The van der Waals surface area contributed by atoms with E-state index in [-0.39, 0.29) is 34.5 Å². The van der Waals surface area contributed by atoms with Crippen LogP contribution >= 0.6 is 0 Å². The molecule has 0 radical (unpaired) electrons. The number of hydrogen-bond acceptors (Lipinski definition) is 6. The Kier molecular flexibility index (Phi) is 9.86. The van der Waals surface area contributed by atoms with Crippen molar-refractivity contribution >= 4 is 28.7 Å². The lowest BCUT2D eigenvalue weighted by molar-refractivity contribution is -0.192. The molecule has 4 aromatic heterocycles. The molecule has 0 aliphatic rings. The molecule has 0 aliphatic carbocycles. The van der Waals surface area contributed by atoms with Crippen molar-refractivity contribution in [3.05, 3.63) is 95.6 Å². The van der Waals surface area contributed by atoms with Crippen LogP contribution < -0.4 is 11.4 Å². The number of anilines is 1. The molecule has 45 heavy (non-hydrogen) atoms. The lowest BCUT2D eigenvalue weighted by Crippen LogP contribution is -2.25. The van der Waals surface area contributed by atoms with Crippen LogP contribution in [0.1, 0.15) is 63.0 Å². The molecule has 0 unspecified atom stereocenters. The third kappa shape index (κ3) is 8.31. The summed E-state index contributed by atoms with van der Waals surface area (Å²) in [6, 6.07) is 15.1. The molecule has 5 aromatic rings. The van der Waals surface area contributed by atoms with E-state index in [4.69, 9.17) is 21.0 Å². The summed E-state index contributed by atoms with van der Waals surface area (Å²) in [5.41, 5.74) is 9.20. The summed E-state index contributed by atoms with van der Waals surface area (Å²) in [6.07, 6.45) is 2.18. The minimum atomic E-state index is -5.08. The van der Waals surface area contributed by atoms with Crippen LogP contribution in [0.25, 0.3) is 11.0 Å². The Labute approximate surface area is 257 Å². The van der Waals surface area contributed by atoms with Crippen molar-refractivity contribution in [2.45, 2.75) is 65.1 Å². The quantitative estimate of drug-likeness (QED) is 0.182. The second-order valence-electron chi connectivity index (χ2n) is 12.3. The average Bonchev–Trinajstić information content (AvgIpc) is 3.47. The fourth-order valence-electron chi connectivity index (χ4n) is 4.38. The predicted molar refractivity (Wildman–Crippen MR) is 164 cm³/mol. The SMILES string of the molecule is CC(C)(C)c1cc(C(=O)Cn2cc3ccccn3c2=N)cc(C(C)(C)C)c1O.Nc1ncc2ccccn12.O=C(O)C(F)(F)F. The normalized spacial score (nSPS) is 11.8. The Morgan fingerprint density at radius 3 is 1.82 bits per heavy atom. The number of carbonyl (C=O) groups is 2. The average molecular weight is 627 g/mol. The van der Waals surface area contributed by atoms with Crippen LogP contribution in [-0.2, 0) is 22.2 Å². The van der Waals surface area contributed by atoms with Gasteiger partial charge >= 0.3 is 12.1 Å². The minimum Gasteiger partial charge on any atom is -0.507 e. The molecule has 0 fully saturated rings. The fourth-order valence-corrected chi connectivity index (χ4v) is 4.38. The summed E-state index contributed by atoms with van der Waals surface area (Å²) in [5, 5.41) is 26.3. The van der Waals surface area contributed by atoms with E-state index < -0.39 is 12.1 Å². The number of benzene rings is 1. The van der Waals surface area contributed by atoms with Gasteiger partial charge in [-0.1, -0.05) is 53.7 Å². The Bertz CT molecular complexity index is 1850. The smallest absolute Gasteiger partial charge is 0.490 e. The molecule has 1 aromatic carbocycles. The van der Waals surface area contributed by atoms with Gasteiger partial charge in [-0.05, 0) is 47.2 Å². The van der Waals surface area contributed by atoms with Crippen molar-refractivity contribution in [1.82, 2.24) is 18.4 Å². The first-order valence-electron chi connectivity index (χ1n) is 13.8. The van der Waals surface area contributed by atoms with Gasteiger partial charge in [0.15, 0.2) is 5.78 Å². The standard InChI is InChI=1S/C23H29N3O2.C7H7N3.C2HF3O2/c1-22(2,3)17-11-15(12-18(20(17)28)23(4,5)6)19(27)14-25-13-16-9-7-8-10-26(16)21(25)24;8-7-9-5-6-3-1-2-4-10(6)7;3-2(4,5)1(6)7/h7-13,24,28H,14H2,1-6H3;1-5H,(H2,8,9);(H,6,7). The third-order valence-electron chi connectivity index (χ3n) is 6.75. The molecule has 0 saturated carbocycles. The molecule has 4 heterocycles. The molecule has 0 aliphatic heterocycles. The van der Waals surface area contributed by atoms with Gasteiger partial charge in [0.2, 0.25) is 11.6 Å². The number of nitrogen functional groups attached to an aromatic ring is 1. The van der Waals surface area contributed by atoms with Crippen LogP contribution in [0, 0.1) is 5.41 Å². The summed E-state index contributed by atoms with van der Waals surface area (Å²) < 4.78 is 37.0. The first-order chi connectivity index (χ1) is 20.7. The number of fused-ring (bicyclic) bond motifs is 2.